The Morgan fingerprint density at radius 2 is 2.11 bits per heavy atom. The normalized spacial score (nSPS) is 10.1. The minimum Gasteiger partial charge on any atom is -0.481 e. The highest BCUT2D eigenvalue weighted by atomic mass is 16.4. The third-order valence-electron chi connectivity index (χ3n) is 2.75. The summed E-state index contributed by atoms with van der Waals surface area (Å²) >= 11 is 0. The summed E-state index contributed by atoms with van der Waals surface area (Å²) in [6.07, 6.45) is 0.727. The molecule has 0 radical (unpaired) electrons. The van der Waals surface area contributed by atoms with E-state index in [1.165, 1.54) is 0 Å². The Morgan fingerprint density at radius 3 is 2.67 bits per heavy atom. The first-order chi connectivity index (χ1) is 8.56. The highest BCUT2D eigenvalue weighted by Gasteiger charge is 2.14. The summed E-state index contributed by atoms with van der Waals surface area (Å²) in [7, 11) is 0. The average molecular weight is 246 g/mol. The van der Waals surface area contributed by atoms with Gasteiger partial charge in [0, 0.05) is 19.0 Å². The smallest absolute Gasteiger partial charge is 0.303 e. The Bertz CT molecular complexity index is 449. The molecule has 18 heavy (non-hydrogen) atoms. The Hall–Kier alpha value is -2.02. The van der Waals surface area contributed by atoms with E-state index < -0.39 is 5.97 Å². The van der Waals surface area contributed by atoms with Gasteiger partial charge in [0.15, 0.2) is 0 Å². The first kappa shape index (κ1) is 14.0. The van der Waals surface area contributed by atoms with Gasteiger partial charge in [0.2, 0.25) is 0 Å². The molecule has 96 valence electrons. The quantitative estimate of drug-likeness (QED) is 0.838. The predicted octanol–water partition coefficient (Wildman–Crippen LogP) is 2.64. The second-order valence-electron chi connectivity index (χ2n) is 4.41. The molecule has 4 heteroatoms. The molecule has 0 saturated carbocycles. The molecule has 0 aliphatic carbocycles. The second kappa shape index (κ2) is 6.65. The summed E-state index contributed by atoms with van der Waals surface area (Å²) in [5.74, 6) is -0.785. The van der Waals surface area contributed by atoms with E-state index >= 15 is 0 Å². The third-order valence-corrected chi connectivity index (χ3v) is 2.75. The largest absolute Gasteiger partial charge is 0.481 e. The van der Waals surface area contributed by atoms with Crippen molar-refractivity contribution >= 4 is 11.7 Å². The molecule has 0 aliphatic heterocycles. The lowest BCUT2D eigenvalue weighted by Crippen LogP contribution is -2.32. The van der Waals surface area contributed by atoms with Gasteiger partial charge in [-0.1, -0.05) is 12.1 Å². The van der Waals surface area contributed by atoms with Gasteiger partial charge in [-0.3, -0.25) is 4.79 Å². The van der Waals surface area contributed by atoms with Crippen LogP contribution >= 0.6 is 0 Å². The lowest BCUT2D eigenvalue weighted by Gasteiger charge is -2.29. The molecular formula is C14H18N2O2. The van der Waals surface area contributed by atoms with E-state index in [9.17, 15) is 4.79 Å². The zero-order valence-corrected chi connectivity index (χ0v) is 10.8. The molecule has 4 nitrogen and oxygen atoms in total. The van der Waals surface area contributed by atoms with Crippen molar-refractivity contribution < 1.29 is 9.90 Å². The predicted molar refractivity (Wildman–Crippen MR) is 70.5 cm³/mol. The standard InChI is InChI=1S/C14H18N2O2/c1-11(2)16(9-5-8-14(17)18)13-7-4-3-6-12(13)10-15/h3-4,6-7,11H,5,8-9H2,1-2H3,(H,17,18). The van der Waals surface area contributed by atoms with Crippen LogP contribution < -0.4 is 4.90 Å². The number of rotatable bonds is 6. The Kier molecular flexibility index (Phi) is 5.19. The fourth-order valence-electron chi connectivity index (χ4n) is 1.88. The van der Waals surface area contributed by atoms with Crippen LogP contribution in [-0.4, -0.2) is 23.7 Å². The number of benzene rings is 1. The van der Waals surface area contributed by atoms with Crippen LogP contribution in [0.25, 0.3) is 0 Å². The van der Waals surface area contributed by atoms with Crippen molar-refractivity contribution in [1.29, 1.82) is 5.26 Å². The number of nitrogens with zero attached hydrogens (tertiary/aromatic N) is 2. The molecule has 0 fully saturated rings. The molecule has 0 spiro atoms. The Balaban J connectivity index is 2.84. The van der Waals surface area contributed by atoms with Gasteiger partial charge in [-0.05, 0) is 32.4 Å². The number of aliphatic carboxylic acids is 1. The molecule has 1 aromatic rings. The number of carbonyl (C=O) groups is 1. The van der Waals surface area contributed by atoms with E-state index in [0.717, 1.165) is 5.69 Å². The van der Waals surface area contributed by atoms with Crippen LogP contribution in [-0.2, 0) is 4.79 Å². The zero-order chi connectivity index (χ0) is 13.5. The molecule has 0 aliphatic rings. The van der Waals surface area contributed by atoms with E-state index in [-0.39, 0.29) is 12.5 Å². The van der Waals surface area contributed by atoms with Crippen LogP contribution in [0.1, 0.15) is 32.3 Å². The summed E-state index contributed by atoms with van der Waals surface area (Å²) in [6.45, 7) is 4.71. The fourth-order valence-corrected chi connectivity index (χ4v) is 1.88. The number of carboxylic acid groups (broad SMARTS) is 1. The molecule has 0 saturated heterocycles. The molecule has 0 atom stereocenters. The van der Waals surface area contributed by atoms with Crippen LogP contribution in [0.3, 0.4) is 0 Å². The monoisotopic (exact) mass is 246 g/mol. The van der Waals surface area contributed by atoms with Crippen LogP contribution in [0, 0.1) is 11.3 Å². The SMILES string of the molecule is CC(C)N(CCCC(=O)O)c1ccccc1C#N. The molecule has 0 unspecified atom stereocenters. The summed E-state index contributed by atoms with van der Waals surface area (Å²) < 4.78 is 0. The molecule has 1 N–H and O–H groups in total. The molecule has 1 aromatic carbocycles. The summed E-state index contributed by atoms with van der Waals surface area (Å²) in [6, 6.07) is 9.81. The second-order valence-corrected chi connectivity index (χ2v) is 4.41. The number of para-hydroxylation sites is 1. The Morgan fingerprint density at radius 1 is 1.44 bits per heavy atom. The van der Waals surface area contributed by atoms with Crippen molar-refractivity contribution in [2.75, 3.05) is 11.4 Å². The number of nitriles is 1. The van der Waals surface area contributed by atoms with Crippen molar-refractivity contribution in [3.05, 3.63) is 29.8 Å². The summed E-state index contributed by atoms with van der Waals surface area (Å²) in [5.41, 5.74) is 1.50. The van der Waals surface area contributed by atoms with Crippen molar-refractivity contribution in [2.24, 2.45) is 0 Å². The van der Waals surface area contributed by atoms with Gasteiger partial charge in [-0.15, -0.1) is 0 Å². The lowest BCUT2D eigenvalue weighted by molar-refractivity contribution is -0.137. The van der Waals surface area contributed by atoms with E-state index in [1.54, 1.807) is 6.07 Å². The van der Waals surface area contributed by atoms with Gasteiger partial charge in [-0.2, -0.15) is 5.26 Å². The average Bonchev–Trinajstić information content (AvgIpc) is 2.34. The maximum atomic E-state index is 10.5. The maximum Gasteiger partial charge on any atom is 0.303 e. The maximum absolute atomic E-state index is 10.5. The molecular weight excluding hydrogens is 228 g/mol. The first-order valence-corrected chi connectivity index (χ1v) is 6.03. The van der Waals surface area contributed by atoms with Crippen molar-refractivity contribution in [1.82, 2.24) is 0 Å². The van der Waals surface area contributed by atoms with Gasteiger partial charge in [0.05, 0.1) is 11.3 Å². The van der Waals surface area contributed by atoms with Crippen LogP contribution in [0.5, 0.6) is 0 Å². The topological polar surface area (TPSA) is 64.3 Å². The number of carboxylic acids is 1. The molecule has 0 amide bonds. The summed E-state index contributed by atoms with van der Waals surface area (Å²) in [5, 5.41) is 17.8. The zero-order valence-electron chi connectivity index (χ0n) is 10.8. The number of hydrogen-bond donors (Lipinski definition) is 1. The van der Waals surface area contributed by atoms with Crippen LogP contribution in [0.2, 0.25) is 0 Å². The van der Waals surface area contributed by atoms with Gasteiger partial charge < -0.3 is 10.0 Å². The van der Waals surface area contributed by atoms with Gasteiger partial charge in [0.25, 0.3) is 0 Å². The number of hydrogen-bond acceptors (Lipinski definition) is 3. The first-order valence-electron chi connectivity index (χ1n) is 6.03. The van der Waals surface area contributed by atoms with Crippen molar-refractivity contribution in [2.45, 2.75) is 32.7 Å². The van der Waals surface area contributed by atoms with Crippen LogP contribution in [0.15, 0.2) is 24.3 Å². The molecule has 0 bridgehead atoms. The lowest BCUT2D eigenvalue weighted by atomic mass is 10.1. The summed E-state index contributed by atoms with van der Waals surface area (Å²) in [4.78, 5) is 12.6. The number of anilines is 1. The van der Waals surface area contributed by atoms with Crippen LogP contribution in [0.4, 0.5) is 5.69 Å². The molecule has 0 aromatic heterocycles. The fraction of sp³-hybridized carbons (Fsp3) is 0.429. The third kappa shape index (κ3) is 3.77. The van der Waals surface area contributed by atoms with E-state index in [0.29, 0.717) is 18.5 Å². The van der Waals surface area contributed by atoms with E-state index in [4.69, 9.17) is 10.4 Å². The minimum atomic E-state index is -0.785. The van der Waals surface area contributed by atoms with Gasteiger partial charge in [0.1, 0.15) is 6.07 Å². The van der Waals surface area contributed by atoms with Gasteiger partial charge in [-0.25, -0.2) is 0 Å². The van der Waals surface area contributed by atoms with Gasteiger partial charge >= 0.3 is 5.97 Å². The van der Waals surface area contributed by atoms with Crippen molar-refractivity contribution in [3.8, 4) is 6.07 Å². The van der Waals surface area contributed by atoms with E-state index in [1.807, 2.05) is 32.0 Å². The van der Waals surface area contributed by atoms with E-state index in [2.05, 4.69) is 11.0 Å². The van der Waals surface area contributed by atoms with Crippen molar-refractivity contribution in [3.63, 3.8) is 0 Å². The highest BCUT2D eigenvalue weighted by Crippen LogP contribution is 2.22. The highest BCUT2D eigenvalue weighted by molar-refractivity contribution is 5.66. The molecule has 1 rings (SSSR count). The molecule has 0 heterocycles. The Labute approximate surface area is 107 Å². The minimum absolute atomic E-state index is 0.151.